The minimum Gasteiger partial charge on any atom is -0.478 e. The predicted molar refractivity (Wildman–Crippen MR) is 67.6 cm³/mol. The Balaban J connectivity index is 1.71. The molecule has 0 spiro atoms. The summed E-state index contributed by atoms with van der Waals surface area (Å²) >= 11 is 0. The molecule has 0 bridgehead atoms. The number of carbonyl (C=O) groups is 1. The molecule has 0 amide bonds. The van der Waals surface area contributed by atoms with Crippen LogP contribution in [-0.2, 0) is 6.54 Å². The second-order valence-electron chi connectivity index (χ2n) is 4.60. The lowest BCUT2D eigenvalue weighted by atomic mass is 10.2. The Morgan fingerprint density at radius 1 is 1.61 bits per heavy atom. The molecule has 18 heavy (non-hydrogen) atoms. The van der Waals surface area contributed by atoms with Gasteiger partial charge in [-0.15, -0.1) is 0 Å². The van der Waals surface area contributed by atoms with Gasteiger partial charge in [0.1, 0.15) is 11.3 Å². The first-order valence-electron chi connectivity index (χ1n) is 6.46. The van der Waals surface area contributed by atoms with Crippen LogP contribution in [0.3, 0.4) is 0 Å². The highest BCUT2D eigenvalue weighted by Gasteiger charge is 2.27. The van der Waals surface area contributed by atoms with E-state index in [-0.39, 0.29) is 5.56 Å². The lowest BCUT2D eigenvalue weighted by Gasteiger charge is -2.19. The van der Waals surface area contributed by atoms with Crippen LogP contribution in [0.2, 0.25) is 0 Å². The molecule has 0 aromatic carbocycles. The molecule has 0 radical (unpaired) electrons. The van der Waals surface area contributed by atoms with Crippen molar-refractivity contribution in [2.24, 2.45) is 0 Å². The summed E-state index contributed by atoms with van der Waals surface area (Å²) in [6.45, 7) is 5.58. The van der Waals surface area contributed by atoms with Gasteiger partial charge in [-0.05, 0) is 25.5 Å². The van der Waals surface area contributed by atoms with Gasteiger partial charge in [-0.1, -0.05) is 6.92 Å². The van der Waals surface area contributed by atoms with E-state index in [1.54, 1.807) is 0 Å². The van der Waals surface area contributed by atoms with E-state index in [4.69, 9.17) is 9.52 Å². The van der Waals surface area contributed by atoms with Crippen molar-refractivity contribution in [3.05, 3.63) is 23.7 Å². The van der Waals surface area contributed by atoms with E-state index in [2.05, 4.69) is 17.1 Å². The topological polar surface area (TPSA) is 65.7 Å². The average molecular weight is 252 g/mol. The van der Waals surface area contributed by atoms with Crippen LogP contribution < -0.4 is 5.32 Å². The van der Waals surface area contributed by atoms with Crippen molar-refractivity contribution in [2.75, 3.05) is 19.6 Å². The van der Waals surface area contributed by atoms with Gasteiger partial charge in [0.2, 0.25) is 0 Å². The number of rotatable bonds is 8. The molecule has 1 aliphatic rings. The lowest BCUT2D eigenvalue weighted by molar-refractivity contribution is 0.0694. The molecule has 1 heterocycles. The van der Waals surface area contributed by atoms with Crippen LogP contribution in [0, 0.1) is 0 Å². The number of likely N-dealkylation sites (N-methyl/N-ethyl adjacent to an activating group) is 1. The normalized spacial score (nSPS) is 15.2. The molecule has 100 valence electrons. The maximum Gasteiger partial charge on any atom is 0.339 e. The third-order valence-electron chi connectivity index (χ3n) is 3.31. The number of furan rings is 1. The number of carboxylic acids is 1. The summed E-state index contributed by atoms with van der Waals surface area (Å²) < 4.78 is 5.16. The smallest absolute Gasteiger partial charge is 0.339 e. The van der Waals surface area contributed by atoms with Gasteiger partial charge in [0.25, 0.3) is 0 Å². The molecule has 2 rings (SSSR count). The molecule has 5 heteroatoms. The maximum atomic E-state index is 10.9. The van der Waals surface area contributed by atoms with E-state index >= 15 is 0 Å². The summed E-state index contributed by atoms with van der Waals surface area (Å²) in [6.07, 6.45) is 4.05. The molecule has 0 aliphatic heterocycles. The minimum absolute atomic E-state index is 0.247. The van der Waals surface area contributed by atoms with Crippen molar-refractivity contribution in [1.29, 1.82) is 0 Å². The standard InChI is InChI=1S/C13H20N2O3/c1-2-15(10-3-4-10)7-6-14-9-12-11(13(16)17)5-8-18-12/h5,8,10,14H,2-4,6-7,9H2,1H3,(H,16,17). The molecule has 5 nitrogen and oxygen atoms in total. The molecule has 1 aromatic rings. The summed E-state index contributed by atoms with van der Waals surface area (Å²) in [5, 5.41) is 12.2. The number of hydrogen-bond donors (Lipinski definition) is 2. The van der Waals surface area contributed by atoms with Crippen LogP contribution in [0.1, 0.15) is 35.9 Å². The maximum absolute atomic E-state index is 10.9. The number of nitrogens with one attached hydrogen (secondary N) is 1. The molecule has 1 aromatic heterocycles. The minimum atomic E-state index is -0.936. The Hall–Kier alpha value is -1.33. The zero-order chi connectivity index (χ0) is 13.0. The van der Waals surface area contributed by atoms with Crippen LogP contribution in [0.25, 0.3) is 0 Å². The highest BCUT2D eigenvalue weighted by Crippen LogP contribution is 2.25. The van der Waals surface area contributed by atoms with Crippen molar-refractivity contribution >= 4 is 5.97 Å². The summed E-state index contributed by atoms with van der Waals surface area (Å²) in [5.74, 6) is -0.439. The molecular weight excluding hydrogens is 232 g/mol. The summed E-state index contributed by atoms with van der Waals surface area (Å²) in [6, 6.07) is 2.26. The Bertz CT molecular complexity index is 399. The fraction of sp³-hybridized carbons (Fsp3) is 0.615. The Kier molecular flexibility index (Phi) is 4.38. The highest BCUT2D eigenvalue weighted by molar-refractivity contribution is 5.88. The van der Waals surface area contributed by atoms with E-state index < -0.39 is 5.97 Å². The molecule has 2 N–H and O–H groups in total. The fourth-order valence-electron chi connectivity index (χ4n) is 2.13. The Morgan fingerprint density at radius 2 is 2.39 bits per heavy atom. The van der Waals surface area contributed by atoms with Gasteiger partial charge in [0.15, 0.2) is 0 Å². The van der Waals surface area contributed by atoms with E-state index in [0.717, 1.165) is 25.7 Å². The second kappa shape index (κ2) is 6.02. The van der Waals surface area contributed by atoms with Crippen molar-refractivity contribution < 1.29 is 14.3 Å². The van der Waals surface area contributed by atoms with Gasteiger partial charge < -0.3 is 14.8 Å². The molecule has 0 saturated heterocycles. The van der Waals surface area contributed by atoms with E-state index in [1.807, 2.05) is 0 Å². The Labute approximate surface area is 107 Å². The Morgan fingerprint density at radius 3 is 3.00 bits per heavy atom. The third kappa shape index (κ3) is 3.34. The molecule has 1 aliphatic carbocycles. The van der Waals surface area contributed by atoms with Crippen molar-refractivity contribution in [3.8, 4) is 0 Å². The summed E-state index contributed by atoms with van der Waals surface area (Å²) in [5.41, 5.74) is 0.247. The third-order valence-corrected chi connectivity index (χ3v) is 3.31. The van der Waals surface area contributed by atoms with Crippen molar-refractivity contribution in [2.45, 2.75) is 32.4 Å². The predicted octanol–water partition coefficient (Wildman–Crippen LogP) is 1.55. The SMILES string of the molecule is CCN(CCNCc1occc1C(=O)O)C1CC1. The van der Waals surface area contributed by atoms with E-state index in [1.165, 1.54) is 25.2 Å². The number of hydrogen-bond acceptors (Lipinski definition) is 4. The molecule has 1 saturated carbocycles. The van der Waals surface area contributed by atoms with Crippen molar-refractivity contribution in [3.63, 3.8) is 0 Å². The second-order valence-corrected chi connectivity index (χ2v) is 4.60. The molecule has 1 fully saturated rings. The van der Waals surface area contributed by atoms with E-state index in [0.29, 0.717) is 12.3 Å². The zero-order valence-corrected chi connectivity index (χ0v) is 10.7. The van der Waals surface area contributed by atoms with Gasteiger partial charge in [-0.3, -0.25) is 4.90 Å². The van der Waals surface area contributed by atoms with Gasteiger partial charge in [-0.25, -0.2) is 4.79 Å². The van der Waals surface area contributed by atoms with Gasteiger partial charge in [-0.2, -0.15) is 0 Å². The number of aromatic carboxylic acids is 1. The van der Waals surface area contributed by atoms with Gasteiger partial charge in [0.05, 0.1) is 12.8 Å². The van der Waals surface area contributed by atoms with E-state index in [9.17, 15) is 4.79 Å². The highest BCUT2D eigenvalue weighted by atomic mass is 16.4. The largest absolute Gasteiger partial charge is 0.478 e. The molecular formula is C13H20N2O3. The molecule has 0 atom stereocenters. The van der Waals surface area contributed by atoms with Gasteiger partial charge >= 0.3 is 5.97 Å². The fourth-order valence-corrected chi connectivity index (χ4v) is 2.13. The van der Waals surface area contributed by atoms with Crippen LogP contribution in [-0.4, -0.2) is 41.7 Å². The summed E-state index contributed by atoms with van der Waals surface area (Å²) in [7, 11) is 0. The quantitative estimate of drug-likeness (QED) is 0.687. The van der Waals surface area contributed by atoms with Crippen LogP contribution in [0.5, 0.6) is 0 Å². The van der Waals surface area contributed by atoms with Crippen molar-refractivity contribution in [1.82, 2.24) is 10.2 Å². The monoisotopic (exact) mass is 252 g/mol. The number of nitrogens with zero attached hydrogens (tertiary/aromatic N) is 1. The lowest BCUT2D eigenvalue weighted by Crippen LogP contribution is -2.33. The first-order valence-corrected chi connectivity index (χ1v) is 6.46. The van der Waals surface area contributed by atoms with Crippen LogP contribution in [0.15, 0.2) is 16.7 Å². The van der Waals surface area contributed by atoms with Gasteiger partial charge in [0, 0.05) is 19.1 Å². The summed E-state index contributed by atoms with van der Waals surface area (Å²) in [4.78, 5) is 13.3. The first kappa shape index (κ1) is 13.1. The first-order chi connectivity index (χ1) is 8.72. The number of carboxylic acid groups (broad SMARTS) is 1. The molecule has 0 unspecified atom stereocenters. The van der Waals surface area contributed by atoms with Crippen LogP contribution >= 0.6 is 0 Å². The average Bonchev–Trinajstić information content (AvgIpc) is 3.07. The zero-order valence-electron chi connectivity index (χ0n) is 10.7. The van der Waals surface area contributed by atoms with Crippen LogP contribution in [0.4, 0.5) is 0 Å².